The van der Waals surface area contributed by atoms with E-state index in [0.29, 0.717) is 24.3 Å². The first-order valence-electron chi connectivity index (χ1n) is 7.43. The molecular formula is C16H25N3O2. The van der Waals surface area contributed by atoms with Crippen molar-refractivity contribution < 1.29 is 9.59 Å². The minimum absolute atomic E-state index is 0.0145. The number of nitrogens with one attached hydrogen (secondary N) is 2. The van der Waals surface area contributed by atoms with Crippen LogP contribution in [0.15, 0.2) is 24.3 Å². The number of nitrogens with two attached hydrogens (primary N) is 1. The highest BCUT2D eigenvalue weighted by Gasteiger charge is 2.08. The molecule has 5 heteroatoms. The van der Waals surface area contributed by atoms with Crippen molar-refractivity contribution >= 4 is 23.2 Å². The van der Waals surface area contributed by atoms with E-state index in [0.717, 1.165) is 19.3 Å². The number of anilines is 2. The minimum Gasteiger partial charge on any atom is -0.330 e. The maximum atomic E-state index is 11.8. The van der Waals surface area contributed by atoms with E-state index in [1.807, 2.05) is 19.9 Å². The summed E-state index contributed by atoms with van der Waals surface area (Å²) in [7, 11) is 0. The summed E-state index contributed by atoms with van der Waals surface area (Å²) in [6, 6.07) is 7.18. The van der Waals surface area contributed by atoms with E-state index in [9.17, 15) is 9.59 Å². The van der Waals surface area contributed by atoms with E-state index in [4.69, 9.17) is 5.73 Å². The molecule has 0 aliphatic carbocycles. The second-order valence-electron chi connectivity index (χ2n) is 5.37. The minimum atomic E-state index is -0.0780. The molecule has 0 aliphatic rings. The lowest BCUT2D eigenvalue weighted by Crippen LogP contribution is -2.18. The van der Waals surface area contributed by atoms with Gasteiger partial charge in [0.1, 0.15) is 0 Å². The highest BCUT2D eigenvalue weighted by Crippen LogP contribution is 2.16. The van der Waals surface area contributed by atoms with Gasteiger partial charge < -0.3 is 16.4 Å². The molecule has 0 fully saturated rings. The molecule has 0 saturated heterocycles. The molecule has 0 radical (unpaired) electrons. The Hall–Kier alpha value is -1.88. The Balaban J connectivity index is 2.48. The van der Waals surface area contributed by atoms with Gasteiger partial charge >= 0.3 is 0 Å². The number of benzene rings is 1. The number of hydrogen-bond acceptors (Lipinski definition) is 3. The molecule has 4 N–H and O–H groups in total. The number of rotatable bonds is 8. The fourth-order valence-electron chi connectivity index (χ4n) is 1.79. The molecule has 1 aromatic carbocycles. The van der Waals surface area contributed by atoms with Crippen molar-refractivity contribution in [2.24, 2.45) is 11.7 Å². The third-order valence-corrected chi connectivity index (χ3v) is 3.05. The second-order valence-corrected chi connectivity index (χ2v) is 5.37. The highest BCUT2D eigenvalue weighted by molar-refractivity contribution is 5.94. The smallest absolute Gasteiger partial charge is 0.226 e. The van der Waals surface area contributed by atoms with Gasteiger partial charge in [-0.05, 0) is 37.6 Å². The molecule has 0 aliphatic heterocycles. The maximum absolute atomic E-state index is 11.8. The average molecular weight is 291 g/mol. The van der Waals surface area contributed by atoms with Crippen molar-refractivity contribution in [3.63, 3.8) is 0 Å². The van der Waals surface area contributed by atoms with Crippen LogP contribution in [0.1, 0.15) is 39.5 Å². The number of carbonyl (C=O) groups is 2. The summed E-state index contributed by atoms with van der Waals surface area (Å²) in [4.78, 5) is 23.4. The molecule has 1 aromatic rings. The molecule has 0 atom stereocenters. The third-order valence-electron chi connectivity index (χ3n) is 3.05. The molecule has 1 rings (SSSR count). The Bertz CT molecular complexity index is 472. The summed E-state index contributed by atoms with van der Waals surface area (Å²) in [5, 5.41) is 5.65. The van der Waals surface area contributed by atoms with Crippen LogP contribution in [-0.4, -0.2) is 18.4 Å². The maximum Gasteiger partial charge on any atom is 0.226 e. The molecular weight excluding hydrogens is 266 g/mol. The Labute approximate surface area is 126 Å². The molecule has 116 valence electrons. The predicted octanol–water partition coefficient (Wildman–Crippen LogP) is 2.74. The van der Waals surface area contributed by atoms with Gasteiger partial charge in [-0.15, -0.1) is 0 Å². The summed E-state index contributed by atoms with van der Waals surface area (Å²) < 4.78 is 0. The quantitative estimate of drug-likeness (QED) is 0.644. The first-order valence-corrected chi connectivity index (χ1v) is 7.43. The Kier molecular flexibility index (Phi) is 7.46. The number of unbranched alkanes of at least 4 members (excludes halogenated alkanes) is 2. The first kappa shape index (κ1) is 17.2. The van der Waals surface area contributed by atoms with Gasteiger partial charge in [0.15, 0.2) is 0 Å². The van der Waals surface area contributed by atoms with Crippen LogP contribution in [0.4, 0.5) is 11.4 Å². The summed E-state index contributed by atoms with van der Waals surface area (Å²) in [6.45, 7) is 4.34. The summed E-state index contributed by atoms with van der Waals surface area (Å²) in [6.07, 6.45) is 3.24. The van der Waals surface area contributed by atoms with Crippen LogP contribution in [-0.2, 0) is 9.59 Å². The topological polar surface area (TPSA) is 84.2 Å². The third kappa shape index (κ3) is 6.90. The van der Waals surface area contributed by atoms with Crippen molar-refractivity contribution in [2.45, 2.75) is 39.5 Å². The SMILES string of the molecule is CC(C)C(=O)Nc1cccc(NC(=O)CCCCCN)c1. The van der Waals surface area contributed by atoms with E-state index in [1.165, 1.54) is 0 Å². The normalized spacial score (nSPS) is 10.5. The highest BCUT2D eigenvalue weighted by atomic mass is 16.2. The lowest BCUT2D eigenvalue weighted by molar-refractivity contribution is -0.119. The lowest BCUT2D eigenvalue weighted by atomic mass is 10.2. The van der Waals surface area contributed by atoms with Gasteiger partial charge in [-0.1, -0.05) is 26.3 Å². The van der Waals surface area contributed by atoms with Crippen molar-refractivity contribution in [3.8, 4) is 0 Å². The van der Waals surface area contributed by atoms with Crippen molar-refractivity contribution in [1.82, 2.24) is 0 Å². The molecule has 0 heterocycles. The summed E-state index contributed by atoms with van der Waals surface area (Å²) in [5.74, 6) is -0.134. The van der Waals surface area contributed by atoms with E-state index in [1.54, 1.807) is 18.2 Å². The zero-order chi connectivity index (χ0) is 15.7. The Morgan fingerprint density at radius 2 is 1.76 bits per heavy atom. The largest absolute Gasteiger partial charge is 0.330 e. The van der Waals surface area contributed by atoms with Gasteiger partial charge in [-0.25, -0.2) is 0 Å². The standard InChI is InChI=1S/C16H25N3O2/c1-12(2)16(21)19-14-8-6-7-13(11-14)18-15(20)9-4-3-5-10-17/h6-8,11-12H,3-5,9-10,17H2,1-2H3,(H,18,20)(H,19,21). The zero-order valence-electron chi connectivity index (χ0n) is 12.8. The Morgan fingerprint density at radius 3 is 2.38 bits per heavy atom. The van der Waals surface area contributed by atoms with Crippen LogP contribution >= 0.6 is 0 Å². The number of carbonyl (C=O) groups excluding carboxylic acids is 2. The van der Waals surface area contributed by atoms with E-state index < -0.39 is 0 Å². The molecule has 0 bridgehead atoms. The van der Waals surface area contributed by atoms with Crippen LogP contribution in [0, 0.1) is 5.92 Å². The lowest BCUT2D eigenvalue weighted by Gasteiger charge is -2.10. The van der Waals surface area contributed by atoms with Gasteiger partial charge in [0, 0.05) is 23.7 Å². The number of hydrogen-bond donors (Lipinski definition) is 3. The van der Waals surface area contributed by atoms with E-state index in [2.05, 4.69) is 10.6 Å². The van der Waals surface area contributed by atoms with Crippen LogP contribution < -0.4 is 16.4 Å². The monoisotopic (exact) mass is 291 g/mol. The van der Waals surface area contributed by atoms with Crippen molar-refractivity contribution in [1.29, 1.82) is 0 Å². The van der Waals surface area contributed by atoms with Gasteiger partial charge in [0.2, 0.25) is 11.8 Å². The van der Waals surface area contributed by atoms with Crippen LogP contribution in [0.5, 0.6) is 0 Å². The van der Waals surface area contributed by atoms with Gasteiger partial charge in [0.25, 0.3) is 0 Å². The molecule has 2 amide bonds. The molecule has 5 nitrogen and oxygen atoms in total. The predicted molar refractivity (Wildman–Crippen MR) is 86.1 cm³/mol. The van der Waals surface area contributed by atoms with Gasteiger partial charge in [-0.3, -0.25) is 9.59 Å². The average Bonchev–Trinajstić information content (AvgIpc) is 2.44. The number of amides is 2. The summed E-state index contributed by atoms with van der Waals surface area (Å²) >= 11 is 0. The van der Waals surface area contributed by atoms with E-state index >= 15 is 0 Å². The molecule has 0 unspecified atom stereocenters. The molecule has 21 heavy (non-hydrogen) atoms. The van der Waals surface area contributed by atoms with Crippen LogP contribution in [0.2, 0.25) is 0 Å². The Morgan fingerprint density at radius 1 is 1.10 bits per heavy atom. The van der Waals surface area contributed by atoms with Crippen LogP contribution in [0.3, 0.4) is 0 Å². The van der Waals surface area contributed by atoms with Crippen molar-refractivity contribution in [3.05, 3.63) is 24.3 Å². The fourth-order valence-corrected chi connectivity index (χ4v) is 1.79. The molecule has 0 aromatic heterocycles. The zero-order valence-corrected chi connectivity index (χ0v) is 12.8. The van der Waals surface area contributed by atoms with Crippen LogP contribution in [0.25, 0.3) is 0 Å². The van der Waals surface area contributed by atoms with Crippen molar-refractivity contribution in [2.75, 3.05) is 17.2 Å². The van der Waals surface area contributed by atoms with Gasteiger partial charge in [-0.2, -0.15) is 0 Å². The van der Waals surface area contributed by atoms with E-state index in [-0.39, 0.29) is 17.7 Å². The fraction of sp³-hybridized carbons (Fsp3) is 0.500. The first-order chi connectivity index (χ1) is 10.0. The molecule has 0 spiro atoms. The summed E-state index contributed by atoms with van der Waals surface area (Å²) in [5.41, 5.74) is 6.80. The molecule has 0 saturated carbocycles. The van der Waals surface area contributed by atoms with Gasteiger partial charge in [0.05, 0.1) is 0 Å². The second kappa shape index (κ2) is 9.13.